The van der Waals surface area contributed by atoms with Gasteiger partial charge in [-0.05, 0) is 38.5 Å². The predicted molar refractivity (Wildman–Crippen MR) is 116 cm³/mol. The molecule has 2 atom stereocenters. The fourth-order valence-electron chi connectivity index (χ4n) is 3.16. The fourth-order valence-corrected chi connectivity index (χ4v) is 3.16. The predicted octanol–water partition coefficient (Wildman–Crippen LogP) is 0.344. The van der Waals surface area contributed by atoms with E-state index in [0.717, 1.165) is 19.3 Å². The number of nitrogens with two attached hydrogens (primary N) is 1. The normalized spacial score (nSPS) is 16.3. The van der Waals surface area contributed by atoms with Crippen LogP contribution in [0.1, 0.15) is 67.2 Å². The second-order valence-electron chi connectivity index (χ2n) is 10.2. The molecule has 0 heterocycles. The summed E-state index contributed by atoms with van der Waals surface area (Å²) in [7, 11) is 0. The summed E-state index contributed by atoms with van der Waals surface area (Å²) in [6.07, 6.45) is 3.27. The Kier molecular flexibility index (Phi) is 9.01. The first kappa shape index (κ1) is 26.4. The van der Waals surface area contributed by atoms with E-state index in [1.807, 2.05) is 20.8 Å². The number of rotatable bonds is 9. The molecule has 0 aliphatic heterocycles. The minimum absolute atomic E-state index is 0.263. The lowest BCUT2D eigenvalue weighted by Crippen LogP contribution is -2.59. The van der Waals surface area contributed by atoms with Crippen molar-refractivity contribution >= 4 is 29.5 Å². The summed E-state index contributed by atoms with van der Waals surface area (Å²) in [5, 5.41) is 10.4. The highest BCUT2D eigenvalue weighted by molar-refractivity contribution is 6.37. The van der Waals surface area contributed by atoms with Crippen molar-refractivity contribution in [1.82, 2.24) is 21.3 Å². The molecule has 1 saturated carbocycles. The average Bonchev–Trinajstić information content (AvgIpc) is 2.56. The van der Waals surface area contributed by atoms with Gasteiger partial charge in [-0.15, -0.1) is 0 Å². The summed E-state index contributed by atoms with van der Waals surface area (Å²) in [6, 6.07) is -2.40. The van der Waals surface area contributed by atoms with Crippen LogP contribution in [-0.2, 0) is 19.2 Å². The van der Waals surface area contributed by atoms with E-state index >= 15 is 0 Å². The third-order valence-corrected chi connectivity index (χ3v) is 5.00. The Bertz CT molecular complexity index is 704. The van der Waals surface area contributed by atoms with E-state index < -0.39 is 59.1 Å². The van der Waals surface area contributed by atoms with Crippen LogP contribution in [0.15, 0.2) is 0 Å². The minimum Gasteiger partial charge on any atom is -0.363 e. The third-order valence-electron chi connectivity index (χ3n) is 5.00. The molecular formula is C21H37N5O5. The van der Waals surface area contributed by atoms with E-state index in [1.165, 1.54) is 0 Å². The van der Waals surface area contributed by atoms with Crippen molar-refractivity contribution in [2.24, 2.45) is 17.1 Å². The molecule has 1 aliphatic carbocycles. The monoisotopic (exact) mass is 439 g/mol. The van der Waals surface area contributed by atoms with Gasteiger partial charge in [0.15, 0.2) is 0 Å². The van der Waals surface area contributed by atoms with Crippen LogP contribution in [0.2, 0.25) is 0 Å². The van der Waals surface area contributed by atoms with Gasteiger partial charge in [-0.3, -0.25) is 19.2 Å². The van der Waals surface area contributed by atoms with Gasteiger partial charge >= 0.3 is 6.03 Å². The Labute approximate surface area is 183 Å². The number of nitrogens with one attached hydrogen (secondary N) is 4. The fraction of sp³-hybridized carbons (Fsp3) is 0.762. The zero-order valence-electron chi connectivity index (χ0n) is 19.4. The van der Waals surface area contributed by atoms with Crippen LogP contribution in [0.25, 0.3) is 0 Å². The number of urea groups is 1. The molecule has 0 spiro atoms. The second kappa shape index (κ2) is 10.6. The first-order chi connectivity index (χ1) is 14.1. The molecule has 6 N–H and O–H groups in total. The standard InChI is InChI=1S/C21H37N5O5/c1-20(2,3)16(25-19(31)26-21(4,5)6)18(30)23-11-14(27)24-13(15(28)17(22)29)10-12-8-7-9-12/h12-13,16H,7-11H2,1-6H3,(H2,22,29)(H,23,30)(H,24,27)(H2,25,26,31)/t13?,16-/m1/s1. The lowest BCUT2D eigenvalue weighted by atomic mass is 9.80. The lowest BCUT2D eigenvalue weighted by molar-refractivity contribution is -0.138. The zero-order valence-corrected chi connectivity index (χ0v) is 19.4. The first-order valence-corrected chi connectivity index (χ1v) is 10.6. The van der Waals surface area contributed by atoms with Gasteiger partial charge in [-0.2, -0.15) is 0 Å². The van der Waals surface area contributed by atoms with Crippen molar-refractivity contribution in [3.63, 3.8) is 0 Å². The van der Waals surface area contributed by atoms with E-state index in [0.29, 0.717) is 6.42 Å². The number of ketones is 1. The van der Waals surface area contributed by atoms with Gasteiger partial charge in [0.05, 0.1) is 12.6 Å². The topological polar surface area (TPSA) is 159 Å². The van der Waals surface area contributed by atoms with Gasteiger partial charge in [0.1, 0.15) is 6.04 Å². The third kappa shape index (κ3) is 9.35. The quantitative estimate of drug-likeness (QED) is 0.327. The SMILES string of the molecule is CC(C)(C)NC(=O)N[C@H](C(=O)NCC(=O)NC(CC1CCC1)C(=O)C(N)=O)C(C)(C)C. The van der Waals surface area contributed by atoms with Crippen molar-refractivity contribution in [2.45, 2.75) is 84.8 Å². The van der Waals surface area contributed by atoms with E-state index in [4.69, 9.17) is 5.73 Å². The Hall–Kier alpha value is -2.65. The summed E-state index contributed by atoms with van der Waals surface area (Å²) in [5.41, 5.74) is 3.99. The van der Waals surface area contributed by atoms with Gasteiger partial charge in [0.25, 0.3) is 5.91 Å². The molecule has 1 fully saturated rings. The van der Waals surface area contributed by atoms with Gasteiger partial charge in [0.2, 0.25) is 17.6 Å². The number of hydrogen-bond acceptors (Lipinski definition) is 5. The maximum atomic E-state index is 12.7. The molecule has 176 valence electrons. The Balaban J connectivity index is 2.69. The molecule has 31 heavy (non-hydrogen) atoms. The van der Waals surface area contributed by atoms with Crippen LogP contribution in [0.4, 0.5) is 4.79 Å². The van der Waals surface area contributed by atoms with Crippen LogP contribution in [0, 0.1) is 11.3 Å². The van der Waals surface area contributed by atoms with E-state index in [1.54, 1.807) is 20.8 Å². The van der Waals surface area contributed by atoms with Crippen molar-refractivity contribution in [3.8, 4) is 0 Å². The second-order valence-corrected chi connectivity index (χ2v) is 10.2. The highest BCUT2D eigenvalue weighted by atomic mass is 16.2. The largest absolute Gasteiger partial charge is 0.363 e. The van der Waals surface area contributed by atoms with E-state index in [-0.39, 0.29) is 5.92 Å². The molecule has 10 nitrogen and oxygen atoms in total. The summed E-state index contributed by atoms with van der Waals surface area (Å²) in [4.78, 5) is 60.5. The highest BCUT2D eigenvalue weighted by Crippen LogP contribution is 2.30. The Morgan fingerprint density at radius 3 is 1.97 bits per heavy atom. The van der Waals surface area contributed by atoms with Crippen molar-refractivity contribution < 1.29 is 24.0 Å². The van der Waals surface area contributed by atoms with Crippen LogP contribution in [0.3, 0.4) is 0 Å². The zero-order chi connectivity index (χ0) is 24.0. The molecule has 10 heteroatoms. The summed E-state index contributed by atoms with van der Waals surface area (Å²) in [6.45, 7) is 10.4. The van der Waals surface area contributed by atoms with Gasteiger partial charge in [-0.1, -0.05) is 40.0 Å². The van der Waals surface area contributed by atoms with Crippen molar-refractivity contribution in [2.75, 3.05) is 6.54 Å². The average molecular weight is 440 g/mol. The number of primary amides is 1. The molecule has 1 aliphatic rings. The smallest absolute Gasteiger partial charge is 0.315 e. The van der Waals surface area contributed by atoms with Crippen molar-refractivity contribution in [3.05, 3.63) is 0 Å². The first-order valence-electron chi connectivity index (χ1n) is 10.6. The number of hydrogen-bond donors (Lipinski definition) is 5. The molecule has 1 unspecified atom stereocenters. The van der Waals surface area contributed by atoms with Crippen LogP contribution in [-0.4, -0.2) is 53.7 Å². The number of carbonyl (C=O) groups excluding carboxylic acids is 5. The Morgan fingerprint density at radius 2 is 1.55 bits per heavy atom. The highest BCUT2D eigenvalue weighted by Gasteiger charge is 2.34. The maximum absolute atomic E-state index is 12.7. The molecule has 1 rings (SSSR count). The lowest BCUT2D eigenvalue weighted by Gasteiger charge is -2.32. The summed E-state index contributed by atoms with van der Waals surface area (Å²) < 4.78 is 0. The maximum Gasteiger partial charge on any atom is 0.315 e. The van der Waals surface area contributed by atoms with Crippen LogP contribution < -0.4 is 27.0 Å². The van der Waals surface area contributed by atoms with Crippen molar-refractivity contribution in [1.29, 1.82) is 0 Å². The minimum atomic E-state index is -1.10. The molecule has 5 amide bonds. The Morgan fingerprint density at radius 1 is 0.968 bits per heavy atom. The van der Waals surface area contributed by atoms with E-state index in [9.17, 15) is 24.0 Å². The van der Waals surface area contributed by atoms with Gasteiger partial charge in [-0.25, -0.2) is 4.79 Å². The molecular weight excluding hydrogens is 402 g/mol. The van der Waals surface area contributed by atoms with Crippen LogP contribution in [0.5, 0.6) is 0 Å². The molecule has 0 aromatic carbocycles. The summed E-state index contributed by atoms with van der Waals surface area (Å²) in [5.74, 6) is -2.84. The van der Waals surface area contributed by atoms with Crippen LogP contribution >= 0.6 is 0 Å². The number of Topliss-reactive ketones (excluding diaryl/α,β-unsaturated/α-hetero) is 1. The molecule has 0 aromatic rings. The molecule has 0 bridgehead atoms. The molecule has 0 aromatic heterocycles. The van der Waals surface area contributed by atoms with Gasteiger partial charge in [0, 0.05) is 5.54 Å². The summed E-state index contributed by atoms with van der Waals surface area (Å²) >= 11 is 0. The number of carbonyl (C=O) groups is 5. The number of amides is 5. The van der Waals surface area contributed by atoms with Gasteiger partial charge < -0.3 is 27.0 Å². The molecule has 0 saturated heterocycles. The molecule has 0 radical (unpaired) electrons. The van der Waals surface area contributed by atoms with E-state index in [2.05, 4.69) is 21.3 Å².